The summed E-state index contributed by atoms with van der Waals surface area (Å²) in [6.07, 6.45) is 2.15. The molecule has 0 radical (unpaired) electrons. The predicted octanol–water partition coefficient (Wildman–Crippen LogP) is 2.90. The lowest BCUT2D eigenvalue weighted by Crippen LogP contribution is -2.43. The zero-order valence-corrected chi connectivity index (χ0v) is 15.5. The lowest BCUT2D eigenvalue weighted by molar-refractivity contribution is -0.115. The summed E-state index contributed by atoms with van der Waals surface area (Å²) in [5.74, 6) is 0.687. The molecule has 0 aliphatic carbocycles. The predicted molar refractivity (Wildman–Crippen MR) is 106 cm³/mol. The van der Waals surface area contributed by atoms with E-state index in [1.807, 2.05) is 6.07 Å². The Morgan fingerprint density at radius 3 is 2.78 bits per heavy atom. The molecule has 1 unspecified atom stereocenters. The van der Waals surface area contributed by atoms with Gasteiger partial charge in [-0.2, -0.15) is 0 Å². The molecule has 2 aromatic carbocycles. The van der Waals surface area contributed by atoms with E-state index in [1.54, 1.807) is 19.2 Å². The summed E-state index contributed by atoms with van der Waals surface area (Å²) in [5, 5.41) is 5.78. The molecule has 1 heterocycles. The molecule has 1 atom stereocenters. The van der Waals surface area contributed by atoms with Crippen LogP contribution < -0.4 is 10.6 Å². The van der Waals surface area contributed by atoms with Crippen molar-refractivity contribution in [3.8, 4) is 0 Å². The van der Waals surface area contributed by atoms with Gasteiger partial charge in [0.15, 0.2) is 5.96 Å². The lowest BCUT2D eigenvalue weighted by Gasteiger charge is -2.21. The van der Waals surface area contributed by atoms with E-state index < -0.39 is 0 Å². The van der Waals surface area contributed by atoms with Crippen LogP contribution in [0.25, 0.3) is 0 Å². The third-order valence-corrected chi connectivity index (χ3v) is 4.68. The number of rotatable bonds is 5. The highest BCUT2D eigenvalue weighted by Crippen LogP contribution is 2.20. The zero-order chi connectivity index (χ0) is 19.1. The third-order valence-electron chi connectivity index (χ3n) is 4.68. The minimum Gasteiger partial charge on any atom is -0.347 e. The van der Waals surface area contributed by atoms with E-state index in [0.717, 1.165) is 31.9 Å². The standard InChI is InChI=1S/C21H25FN4O/c1-23-21(24-14-20(27)25-19-9-5-8-18(22)13-19)26-11-10-17(15-26)12-16-6-3-2-4-7-16/h2-9,13,17H,10-12,14-15H2,1H3,(H,23,24)(H,25,27). The van der Waals surface area contributed by atoms with E-state index in [-0.39, 0.29) is 18.3 Å². The minimum atomic E-state index is -0.377. The molecule has 3 rings (SSSR count). The second-order valence-corrected chi connectivity index (χ2v) is 6.75. The van der Waals surface area contributed by atoms with Crippen molar-refractivity contribution in [1.82, 2.24) is 10.2 Å². The third kappa shape index (κ3) is 5.54. The number of aliphatic imine (C=N–C) groups is 1. The fourth-order valence-electron chi connectivity index (χ4n) is 3.40. The van der Waals surface area contributed by atoms with Gasteiger partial charge in [0.25, 0.3) is 0 Å². The minimum absolute atomic E-state index is 0.0863. The summed E-state index contributed by atoms with van der Waals surface area (Å²) < 4.78 is 13.2. The largest absolute Gasteiger partial charge is 0.347 e. The van der Waals surface area contributed by atoms with Crippen LogP contribution in [-0.4, -0.2) is 43.4 Å². The van der Waals surface area contributed by atoms with Crippen molar-refractivity contribution in [2.45, 2.75) is 12.8 Å². The fourth-order valence-corrected chi connectivity index (χ4v) is 3.40. The molecule has 0 aromatic heterocycles. The number of likely N-dealkylation sites (tertiary alicyclic amines) is 1. The Labute approximate surface area is 159 Å². The zero-order valence-electron chi connectivity index (χ0n) is 15.5. The first kappa shape index (κ1) is 18.9. The second-order valence-electron chi connectivity index (χ2n) is 6.75. The van der Waals surface area contributed by atoms with Crippen LogP contribution in [0, 0.1) is 11.7 Å². The van der Waals surface area contributed by atoms with Crippen molar-refractivity contribution < 1.29 is 9.18 Å². The maximum absolute atomic E-state index is 13.2. The van der Waals surface area contributed by atoms with Gasteiger partial charge in [-0.1, -0.05) is 36.4 Å². The Hall–Kier alpha value is -2.89. The van der Waals surface area contributed by atoms with Gasteiger partial charge in [-0.15, -0.1) is 0 Å². The van der Waals surface area contributed by atoms with Crippen molar-refractivity contribution in [2.75, 3.05) is 32.0 Å². The second kappa shape index (κ2) is 9.16. The van der Waals surface area contributed by atoms with Crippen molar-refractivity contribution in [1.29, 1.82) is 0 Å². The van der Waals surface area contributed by atoms with E-state index in [1.165, 1.54) is 17.7 Å². The molecule has 2 aromatic rings. The maximum atomic E-state index is 13.2. The molecule has 1 saturated heterocycles. The topological polar surface area (TPSA) is 56.7 Å². The van der Waals surface area contributed by atoms with Crippen LogP contribution in [0.15, 0.2) is 59.6 Å². The average Bonchev–Trinajstić information content (AvgIpc) is 3.11. The first-order valence-corrected chi connectivity index (χ1v) is 9.19. The number of guanidine groups is 1. The molecule has 0 bridgehead atoms. The lowest BCUT2D eigenvalue weighted by atomic mass is 9.99. The Balaban J connectivity index is 1.47. The van der Waals surface area contributed by atoms with E-state index in [0.29, 0.717) is 11.6 Å². The van der Waals surface area contributed by atoms with Crippen molar-refractivity contribution >= 4 is 17.6 Å². The molecular formula is C21H25FN4O. The van der Waals surface area contributed by atoms with Gasteiger partial charge >= 0.3 is 0 Å². The van der Waals surface area contributed by atoms with E-state index in [9.17, 15) is 9.18 Å². The van der Waals surface area contributed by atoms with Crippen LogP contribution in [0.5, 0.6) is 0 Å². The smallest absolute Gasteiger partial charge is 0.243 e. The van der Waals surface area contributed by atoms with Crippen LogP contribution in [0.4, 0.5) is 10.1 Å². The van der Waals surface area contributed by atoms with Gasteiger partial charge in [-0.25, -0.2) is 4.39 Å². The first-order valence-electron chi connectivity index (χ1n) is 9.19. The molecule has 142 valence electrons. The number of hydrogen-bond acceptors (Lipinski definition) is 2. The number of anilines is 1. The number of halogens is 1. The molecule has 6 heteroatoms. The summed E-state index contributed by atoms with van der Waals surface area (Å²) in [4.78, 5) is 18.6. The van der Waals surface area contributed by atoms with Gasteiger partial charge in [0.1, 0.15) is 5.82 Å². The maximum Gasteiger partial charge on any atom is 0.243 e. The Bertz CT molecular complexity index is 794. The molecule has 0 saturated carbocycles. The average molecular weight is 368 g/mol. The number of benzene rings is 2. The molecular weight excluding hydrogens is 343 g/mol. The number of nitrogens with one attached hydrogen (secondary N) is 2. The highest BCUT2D eigenvalue weighted by molar-refractivity contribution is 5.95. The Morgan fingerprint density at radius 1 is 1.22 bits per heavy atom. The number of nitrogens with zero attached hydrogens (tertiary/aromatic N) is 2. The molecule has 5 nitrogen and oxygen atoms in total. The molecule has 0 spiro atoms. The van der Waals surface area contributed by atoms with Gasteiger partial charge in [-0.3, -0.25) is 9.79 Å². The number of carbonyl (C=O) groups is 1. The quantitative estimate of drug-likeness (QED) is 0.630. The number of amides is 1. The molecule has 1 aliphatic rings. The van der Waals surface area contributed by atoms with Crippen LogP contribution in [0.2, 0.25) is 0 Å². The Kier molecular flexibility index (Phi) is 6.41. The normalized spacial score (nSPS) is 17.0. The van der Waals surface area contributed by atoms with E-state index >= 15 is 0 Å². The molecule has 27 heavy (non-hydrogen) atoms. The summed E-state index contributed by atoms with van der Waals surface area (Å²) >= 11 is 0. The summed E-state index contributed by atoms with van der Waals surface area (Å²) in [5.41, 5.74) is 1.79. The van der Waals surface area contributed by atoms with Gasteiger partial charge < -0.3 is 15.5 Å². The number of hydrogen-bond donors (Lipinski definition) is 2. The van der Waals surface area contributed by atoms with Crippen LogP contribution in [-0.2, 0) is 11.2 Å². The van der Waals surface area contributed by atoms with Crippen LogP contribution in [0.3, 0.4) is 0 Å². The van der Waals surface area contributed by atoms with Gasteiger partial charge in [0.2, 0.25) is 5.91 Å². The van der Waals surface area contributed by atoms with Crippen molar-refractivity contribution in [3.63, 3.8) is 0 Å². The van der Waals surface area contributed by atoms with Crippen LogP contribution in [0.1, 0.15) is 12.0 Å². The monoisotopic (exact) mass is 368 g/mol. The van der Waals surface area contributed by atoms with Gasteiger partial charge in [-0.05, 0) is 42.5 Å². The highest BCUT2D eigenvalue weighted by Gasteiger charge is 2.25. The summed E-state index contributed by atoms with van der Waals surface area (Å²) in [6.45, 7) is 1.92. The molecule has 2 N–H and O–H groups in total. The van der Waals surface area contributed by atoms with Crippen molar-refractivity contribution in [3.05, 3.63) is 66.0 Å². The number of carbonyl (C=O) groups excluding carboxylic acids is 1. The fraction of sp³-hybridized carbons (Fsp3) is 0.333. The van der Waals surface area contributed by atoms with Gasteiger partial charge in [0, 0.05) is 25.8 Å². The molecule has 1 aliphatic heterocycles. The van der Waals surface area contributed by atoms with E-state index in [2.05, 4.69) is 44.8 Å². The summed E-state index contributed by atoms with van der Waals surface area (Å²) in [6, 6.07) is 16.3. The first-order chi connectivity index (χ1) is 13.1. The Morgan fingerprint density at radius 2 is 2.04 bits per heavy atom. The molecule has 1 fully saturated rings. The van der Waals surface area contributed by atoms with Gasteiger partial charge in [0.05, 0.1) is 6.54 Å². The summed E-state index contributed by atoms with van der Waals surface area (Å²) in [7, 11) is 1.72. The SMILES string of the molecule is CN=C(NCC(=O)Nc1cccc(F)c1)N1CCC(Cc2ccccc2)C1. The highest BCUT2D eigenvalue weighted by atomic mass is 19.1. The molecule has 1 amide bonds. The van der Waals surface area contributed by atoms with Crippen molar-refractivity contribution in [2.24, 2.45) is 10.9 Å². The van der Waals surface area contributed by atoms with E-state index in [4.69, 9.17) is 0 Å². The van der Waals surface area contributed by atoms with Crippen LogP contribution >= 0.6 is 0 Å².